The largest absolute Gasteiger partial charge is 0.340 e. The SMILES string of the molecule is Cc1cc(C)n(CCN2CCN(C(=O)C3CC(=O)N(c4ccccc4)C3)CC2)n1. The second-order valence-electron chi connectivity index (χ2n) is 8.06. The maximum Gasteiger partial charge on any atom is 0.228 e. The smallest absolute Gasteiger partial charge is 0.228 e. The summed E-state index contributed by atoms with van der Waals surface area (Å²) in [4.78, 5) is 31.4. The lowest BCUT2D eigenvalue weighted by Gasteiger charge is -2.35. The van der Waals surface area contributed by atoms with Crippen LogP contribution >= 0.6 is 0 Å². The normalized spacial score (nSPS) is 20.5. The monoisotopic (exact) mass is 395 g/mol. The second kappa shape index (κ2) is 8.37. The molecule has 2 aliphatic rings. The van der Waals surface area contributed by atoms with Crippen LogP contribution in [0.4, 0.5) is 5.69 Å². The lowest BCUT2D eigenvalue weighted by Crippen LogP contribution is -2.51. The molecule has 0 aliphatic carbocycles. The van der Waals surface area contributed by atoms with E-state index in [0.29, 0.717) is 13.0 Å². The number of amides is 2. The van der Waals surface area contributed by atoms with Gasteiger partial charge in [-0.2, -0.15) is 5.10 Å². The summed E-state index contributed by atoms with van der Waals surface area (Å²) < 4.78 is 2.05. The Kier molecular flexibility index (Phi) is 5.67. The number of hydrogen-bond acceptors (Lipinski definition) is 4. The molecule has 2 aliphatic heterocycles. The van der Waals surface area contributed by atoms with Crippen molar-refractivity contribution in [1.82, 2.24) is 19.6 Å². The third kappa shape index (κ3) is 4.34. The molecule has 2 fully saturated rings. The van der Waals surface area contributed by atoms with Crippen LogP contribution in [-0.2, 0) is 16.1 Å². The Labute approximate surface area is 171 Å². The standard InChI is InChI=1S/C22H29N5O2/c1-17-14-18(2)27(23-17)13-10-24-8-11-25(12-9-24)22(29)19-15-21(28)26(16-19)20-6-4-3-5-7-20/h3-7,14,19H,8-13,15-16H2,1-2H3. The fourth-order valence-corrected chi connectivity index (χ4v) is 4.32. The molecule has 1 aromatic carbocycles. The quantitative estimate of drug-likeness (QED) is 0.773. The van der Waals surface area contributed by atoms with Crippen molar-refractivity contribution in [3.63, 3.8) is 0 Å². The average molecular weight is 396 g/mol. The van der Waals surface area contributed by atoms with E-state index < -0.39 is 0 Å². The Morgan fingerprint density at radius 2 is 1.79 bits per heavy atom. The summed E-state index contributed by atoms with van der Waals surface area (Å²) in [5, 5.41) is 4.52. The minimum Gasteiger partial charge on any atom is -0.340 e. The van der Waals surface area contributed by atoms with Crippen LogP contribution in [0.2, 0.25) is 0 Å². The lowest BCUT2D eigenvalue weighted by atomic mass is 10.1. The van der Waals surface area contributed by atoms with E-state index in [1.165, 1.54) is 5.69 Å². The second-order valence-corrected chi connectivity index (χ2v) is 8.06. The molecule has 2 saturated heterocycles. The zero-order valence-electron chi connectivity index (χ0n) is 17.3. The van der Waals surface area contributed by atoms with Crippen molar-refractivity contribution < 1.29 is 9.59 Å². The Morgan fingerprint density at radius 1 is 1.07 bits per heavy atom. The summed E-state index contributed by atoms with van der Waals surface area (Å²) in [5.41, 5.74) is 3.11. The van der Waals surface area contributed by atoms with Crippen LogP contribution in [0.5, 0.6) is 0 Å². The summed E-state index contributed by atoms with van der Waals surface area (Å²) >= 11 is 0. The van der Waals surface area contributed by atoms with Crippen molar-refractivity contribution in [1.29, 1.82) is 0 Å². The molecule has 0 spiro atoms. The van der Waals surface area contributed by atoms with Crippen molar-refractivity contribution >= 4 is 17.5 Å². The lowest BCUT2D eigenvalue weighted by molar-refractivity contribution is -0.137. The van der Waals surface area contributed by atoms with Crippen molar-refractivity contribution in [2.24, 2.45) is 5.92 Å². The molecule has 1 aromatic heterocycles. The molecule has 0 radical (unpaired) electrons. The van der Waals surface area contributed by atoms with Crippen LogP contribution in [0.1, 0.15) is 17.8 Å². The van der Waals surface area contributed by atoms with Gasteiger partial charge in [0.15, 0.2) is 0 Å². The van der Waals surface area contributed by atoms with Gasteiger partial charge in [0.05, 0.1) is 18.2 Å². The van der Waals surface area contributed by atoms with Gasteiger partial charge in [-0.1, -0.05) is 18.2 Å². The third-order valence-electron chi connectivity index (χ3n) is 5.96. The number of piperazine rings is 1. The van der Waals surface area contributed by atoms with Crippen LogP contribution < -0.4 is 4.90 Å². The molecule has 0 bridgehead atoms. The van der Waals surface area contributed by atoms with E-state index in [4.69, 9.17) is 0 Å². The molecular weight excluding hydrogens is 366 g/mol. The van der Waals surface area contributed by atoms with E-state index in [9.17, 15) is 9.59 Å². The molecule has 1 unspecified atom stereocenters. The molecule has 4 rings (SSSR count). The first-order chi connectivity index (χ1) is 14.0. The maximum absolute atomic E-state index is 13.0. The topological polar surface area (TPSA) is 61.7 Å². The third-order valence-corrected chi connectivity index (χ3v) is 5.96. The van der Waals surface area contributed by atoms with Crippen molar-refractivity contribution in [3.8, 4) is 0 Å². The van der Waals surface area contributed by atoms with E-state index in [-0.39, 0.29) is 17.7 Å². The summed E-state index contributed by atoms with van der Waals surface area (Å²) in [6.45, 7) is 9.59. The molecule has 0 N–H and O–H groups in total. The van der Waals surface area contributed by atoms with Gasteiger partial charge in [0.1, 0.15) is 0 Å². The number of rotatable bonds is 5. The van der Waals surface area contributed by atoms with Crippen LogP contribution in [0.15, 0.2) is 36.4 Å². The van der Waals surface area contributed by atoms with E-state index >= 15 is 0 Å². The predicted octanol–water partition coefficient (Wildman–Crippen LogP) is 1.70. The number of aromatic nitrogens is 2. The minimum atomic E-state index is -0.232. The molecule has 0 saturated carbocycles. The minimum absolute atomic E-state index is 0.0399. The van der Waals surface area contributed by atoms with Crippen molar-refractivity contribution in [3.05, 3.63) is 47.8 Å². The van der Waals surface area contributed by atoms with E-state index in [1.807, 2.05) is 42.2 Å². The van der Waals surface area contributed by atoms with Gasteiger partial charge in [-0.25, -0.2) is 0 Å². The van der Waals surface area contributed by atoms with Gasteiger partial charge in [-0.05, 0) is 32.0 Å². The van der Waals surface area contributed by atoms with Gasteiger partial charge >= 0.3 is 0 Å². The van der Waals surface area contributed by atoms with Gasteiger partial charge in [-0.3, -0.25) is 19.2 Å². The predicted molar refractivity (Wildman–Crippen MR) is 112 cm³/mol. The van der Waals surface area contributed by atoms with Gasteiger partial charge in [0.25, 0.3) is 0 Å². The molecule has 29 heavy (non-hydrogen) atoms. The van der Waals surface area contributed by atoms with Gasteiger partial charge < -0.3 is 9.80 Å². The van der Waals surface area contributed by atoms with Crippen LogP contribution in [0.25, 0.3) is 0 Å². The number of anilines is 1. The molecule has 7 nitrogen and oxygen atoms in total. The van der Waals surface area contributed by atoms with Crippen LogP contribution in [0.3, 0.4) is 0 Å². The number of carbonyl (C=O) groups is 2. The van der Waals surface area contributed by atoms with E-state index in [1.54, 1.807) is 4.90 Å². The van der Waals surface area contributed by atoms with Crippen molar-refractivity contribution in [2.45, 2.75) is 26.8 Å². The number of para-hydroxylation sites is 1. The first kappa shape index (κ1) is 19.6. The highest BCUT2D eigenvalue weighted by atomic mass is 16.2. The summed E-state index contributed by atoms with van der Waals surface area (Å²) in [5.74, 6) is -0.0722. The van der Waals surface area contributed by atoms with E-state index in [2.05, 4.69) is 27.7 Å². The summed E-state index contributed by atoms with van der Waals surface area (Å²) in [6.07, 6.45) is 0.311. The Balaban J connectivity index is 1.27. The molecule has 2 aromatic rings. The zero-order chi connectivity index (χ0) is 20.4. The van der Waals surface area contributed by atoms with Gasteiger partial charge in [0, 0.05) is 57.1 Å². The highest BCUT2D eigenvalue weighted by molar-refractivity contribution is 6.00. The summed E-state index contributed by atoms with van der Waals surface area (Å²) in [7, 11) is 0. The molecule has 7 heteroatoms. The molecule has 2 amide bonds. The molecule has 3 heterocycles. The molecule has 154 valence electrons. The van der Waals surface area contributed by atoms with Crippen LogP contribution in [-0.4, -0.2) is 70.7 Å². The summed E-state index contributed by atoms with van der Waals surface area (Å²) in [6, 6.07) is 11.7. The Bertz CT molecular complexity index is 871. The fourth-order valence-electron chi connectivity index (χ4n) is 4.32. The number of hydrogen-bond donors (Lipinski definition) is 0. The molecule has 1 atom stereocenters. The first-order valence-electron chi connectivity index (χ1n) is 10.4. The number of nitrogens with zero attached hydrogens (tertiary/aromatic N) is 5. The maximum atomic E-state index is 13.0. The number of benzene rings is 1. The highest BCUT2D eigenvalue weighted by Crippen LogP contribution is 2.26. The Morgan fingerprint density at radius 3 is 2.45 bits per heavy atom. The number of aryl methyl sites for hydroxylation is 2. The number of carbonyl (C=O) groups excluding carboxylic acids is 2. The van der Waals surface area contributed by atoms with Crippen LogP contribution in [0, 0.1) is 19.8 Å². The van der Waals surface area contributed by atoms with E-state index in [0.717, 1.165) is 50.6 Å². The molecular formula is C22H29N5O2. The highest BCUT2D eigenvalue weighted by Gasteiger charge is 2.37. The zero-order valence-corrected chi connectivity index (χ0v) is 17.3. The van der Waals surface area contributed by atoms with Gasteiger partial charge in [-0.15, -0.1) is 0 Å². The Hall–Kier alpha value is -2.67. The van der Waals surface area contributed by atoms with Gasteiger partial charge in [0.2, 0.25) is 11.8 Å². The average Bonchev–Trinajstić information content (AvgIpc) is 3.28. The van der Waals surface area contributed by atoms with Crippen molar-refractivity contribution in [2.75, 3.05) is 44.2 Å². The fraction of sp³-hybridized carbons (Fsp3) is 0.500. The first-order valence-corrected chi connectivity index (χ1v) is 10.4.